The fraction of sp³-hybridized carbons (Fsp3) is 0.780. The summed E-state index contributed by atoms with van der Waals surface area (Å²) in [6, 6.07) is 13.2. The number of unbranched alkanes of at least 4 members (excludes halogenated alkanes) is 21. The Morgan fingerprint density at radius 2 is 1.10 bits per heavy atom. The van der Waals surface area contributed by atoms with Gasteiger partial charge < -0.3 is 44.0 Å². The number of amides is 1. The number of carbonyl (C=O) groups excluding carboxylic acids is 1. The van der Waals surface area contributed by atoms with Crippen molar-refractivity contribution in [2.75, 3.05) is 33.0 Å². The minimum absolute atomic E-state index is 0.0329. The summed E-state index contributed by atoms with van der Waals surface area (Å²) in [6.45, 7) is 9.53. The average Bonchev–Trinajstić information content (AvgIpc) is 3.37. The van der Waals surface area contributed by atoms with Crippen molar-refractivity contribution in [1.29, 1.82) is 0 Å². The van der Waals surface area contributed by atoms with Crippen LogP contribution in [0.5, 0.6) is 11.5 Å². The van der Waals surface area contributed by atoms with Crippen LogP contribution in [-0.4, -0.2) is 98.2 Å². The Kier molecular flexibility index (Phi) is 35.8. The van der Waals surface area contributed by atoms with Crippen LogP contribution in [0.3, 0.4) is 0 Å². The highest BCUT2D eigenvalue weighted by Gasteiger charge is 2.49. The van der Waals surface area contributed by atoms with E-state index in [2.05, 4.69) is 45.1 Å². The van der Waals surface area contributed by atoms with Crippen LogP contribution in [0.2, 0.25) is 0 Å². The fourth-order valence-corrected chi connectivity index (χ4v) is 9.05. The van der Waals surface area contributed by atoms with E-state index in [0.717, 1.165) is 115 Å². The third kappa shape index (κ3) is 28.0. The number of nitrogens with one attached hydrogen (secondary N) is 1. The number of rotatable bonds is 45. The van der Waals surface area contributed by atoms with Crippen LogP contribution in [0, 0.1) is 5.82 Å². The first kappa shape index (κ1) is 62.6. The second-order valence-corrected chi connectivity index (χ2v) is 20.1. The number of aryl methyl sites for hydroxylation is 1. The van der Waals surface area contributed by atoms with Gasteiger partial charge in [-0.25, -0.2) is 8.78 Å². The molecule has 1 amide bonds. The van der Waals surface area contributed by atoms with E-state index in [0.29, 0.717) is 44.8 Å². The number of benzene rings is 2. The highest BCUT2D eigenvalue weighted by Crippen LogP contribution is 2.31. The van der Waals surface area contributed by atoms with Gasteiger partial charge in [-0.3, -0.25) is 4.79 Å². The molecule has 0 bridgehead atoms. The minimum atomic E-state index is -1.51. The molecule has 0 saturated carbocycles. The highest BCUT2D eigenvalue weighted by molar-refractivity contribution is 5.76. The molecule has 1 heterocycles. The molecule has 12 heteroatoms. The van der Waals surface area contributed by atoms with Gasteiger partial charge in [0.15, 0.2) is 12.5 Å². The SMILES string of the molecule is CCCCCCCCCCCCCC[C@@H](O)[C@@H](O)[C@H](CO[C@H]1OC(COCCCC)[C@@H](F)[C@H](OCCCC)C1OCCCC)NC(=O)CCCCCCCCCCc1ccc(Oc2ccc(F)cc2)cc1. The quantitative estimate of drug-likeness (QED) is 0.0556. The van der Waals surface area contributed by atoms with E-state index in [1.54, 1.807) is 12.1 Å². The lowest BCUT2D eigenvalue weighted by Crippen LogP contribution is -2.61. The van der Waals surface area contributed by atoms with Gasteiger partial charge in [0, 0.05) is 26.2 Å². The molecule has 1 saturated heterocycles. The number of aliphatic hydroxyl groups is 2. The van der Waals surface area contributed by atoms with Gasteiger partial charge in [0.05, 0.1) is 25.4 Å². The van der Waals surface area contributed by atoms with Gasteiger partial charge >= 0.3 is 0 Å². The van der Waals surface area contributed by atoms with Crippen LogP contribution in [0.15, 0.2) is 48.5 Å². The highest BCUT2D eigenvalue weighted by atomic mass is 19.1. The van der Waals surface area contributed by atoms with E-state index >= 15 is 4.39 Å². The third-order valence-corrected chi connectivity index (χ3v) is 13.6. The third-order valence-electron chi connectivity index (χ3n) is 13.6. The maximum atomic E-state index is 16.3. The summed E-state index contributed by atoms with van der Waals surface area (Å²) >= 11 is 0. The molecule has 0 radical (unpaired) electrons. The molecule has 2 unspecified atom stereocenters. The van der Waals surface area contributed by atoms with Crippen molar-refractivity contribution in [3.8, 4) is 11.5 Å². The molecule has 71 heavy (non-hydrogen) atoms. The second-order valence-electron chi connectivity index (χ2n) is 20.1. The molecule has 408 valence electrons. The lowest BCUT2D eigenvalue weighted by Gasteiger charge is -2.43. The Morgan fingerprint density at radius 3 is 1.68 bits per heavy atom. The van der Waals surface area contributed by atoms with Crippen molar-refractivity contribution in [3.63, 3.8) is 0 Å². The van der Waals surface area contributed by atoms with E-state index in [1.807, 2.05) is 12.1 Å². The first-order valence-electron chi connectivity index (χ1n) is 28.6. The standard InChI is InChI=1S/C59H99F2NO9/c1-5-9-13-14-15-16-17-18-19-23-26-29-32-52(63)56(65)51(45-69-59-58(68-44-12-8-4)57(67-43-11-7-3)55(61)53(71-59)46-66-42-10-6-2)62-54(64)33-30-27-24-21-20-22-25-28-31-47-34-38-49(39-35-47)70-50-40-36-48(60)37-41-50/h34-41,51-53,55-59,63,65H,5-33,42-46H2,1-4H3,(H,62,64)/t51-,52+,53?,55+,56-,57-,58?,59-/m0/s1. The zero-order valence-corrected chi connectivity index (χ0v) is 44.8. The number of halogens is 2. The van der Waals surface area contributed by atoms with Crippen LogP contribution in [-0.2, 0) is 34.9 Å². The second kappa shape index (κ2) is 40.6. The summed E-state index contributed by atoms with van der Waals surface area (Å²) < 4.78 is 66.3. The van der Waals surface area contributed by atoms with Crippen molar-refractivity contribution in [2.45, 2.75) is 263 Å². The Bertz CT molecular complexity index is 1550. The lowest BCUT2D eigenvalue weighted by atomic mass is 9.98. The topological polar surface area (TPSA) is 125 Å². The Morgan fingerprint density at radius 1 is 0.606 bits per heavy atom. The van der Waals surface area contributed by atoms with Crippen molar-refractivity contribution < 1.29 is 52.2 Å². The van der Waals surface area contributed by atoms with Gasteiger partial charge in [0.2, 0.25) is 5.91 Å². The average molecular weight is 1000 g/mol. The number of alkyl halides is 1. The number of aliphatic hydroxyl groups excluding tert-OH is 2. The zero-order chi connectivity index (χ0) is 51.2. The van der Waals surface area contributed by atoms with Crippen LogP contribution in [0.25, 0.3) is 0 Å². The molecule has 2 aromatic rings. The first-order chi connectivity index (χ1) is 34.7. The Balaban J connectivity index is 1.51. The molecule has 2 aromatic carbocycles. The number of carbonyl (C=O) groups is 1. The van der Waals surface area contributed by atoms with E-state index in [-0.39, 0.29) is 24.9 Å². The molecular formula is C59H99F2NO9. The Hall–Kier alpha value is -2.71. The molecule has 0 aliphatic carbocycles. The molecule has 0 aromatic heterocycles. The summed E-state index contributed by atoms with van der Waals surface area (Å²) in [5.41, 5.74) is 1.26. The van der Waals surface area contributed by atoms with Crippen molar-refractivity contribution in [1.82, 2.24) is 5.32 Å². The monoisotopic (exact) mass is 1000 g/mol. The van der Waals surface area contributed by atoms with E-state index < -0.39 is 49.0 Å². The first-order valence-corrected chi connectivity index (χ1v) is 28.6. The van der Waals surface area contributed by atoms with Gasteiger partial charge in [-0.2, -0.15) is 0 Å². The summed E-state index contributed by atoms with van der Waals surface area (Å²) in [4.78, 5) is 13.5. The normalized spacial score (nSPS) is 19.4. The van der Waals surface area contributed by atoms with Gasteiger partial charge in [-0.05, 0) is 86.9 Å². The predicted molar refractivity (Wildman–Crippen MR) is 282 cm³/mol. The smallest absolute Gasteiger partial charge is 0.220 e. The summed E-state index contributed by atoms with van der Waals surface area (Å²) in [6.07, 6.45) is 21.9. The van der Waals surface area contributed by atoms with E-state index in [4.69, 9.17) is 28.4 Å². The molecule has 1 fully saturated rings. The predicted octanol–water partition coefficient (Wildman–Crippen LogP) is 14.2. The molecule has 3 N–H and O–H groups in total. The molecule has 10 nitrogen and oxygen atoms in total. The maximum absolute atomic E-state index is 16.3. The number of hydrogen-bond acceptors (Lipinski definition) is 9. The summed E-state index contributed by atoms with van der Waals surface area (Å²) in [5.74, 6) is 0.839. The molecule has 1 aliphatic rings. The van der Waals surface area contributed by atoms with Crippen LogP contribution in [0.4, 0.5) is 8.78 Å². The van der Waals surface area contributed by atoms with Gasteiger partial charge in [0.25, 0.3) is 0 Å². The van der Waals surface area contributed by atoms with Gasteiger partial charge in [-0.15, -0.1) is 0 Å². The van der Waals surface area contributed by atoms with Crippen LogP contribution >= 0.6 is 0 Å². The number of hydrogen-bond donors (Lipinski definition) is 3. The largest absolute Gasteiger partial charge is 0.457 e. The molecule has 1 aliphatic heterocycles. The lowest BCUT2D eigenvalue weighted by molar-refractivity contribution is -0.310. The summed E-state index contributed by atoms with van der Waals surface area (Å²) in [7, 11) is 0. The molecule has 8 atom stereocenters. The Labute approximate surface area is 429 Å². The van der Waals surface area contributed by atoms with Crippen LogP contribution in [0.1, 0.15) is 213 Å². The zero-order valence-electron chi connectivity index (χ0n) is 44.8. The summed E-state index contributed by atoms with van der Waals surface area (Å²) in [5, 5.41) is 26.0. The van der Waals surface area contributed by atoms with E-state index in [1.165, 1.54) is 75.5 Å². The number of ether oxygens (including phenoxy) is 6. The van der Waals surface area contributed by atoms with Crippen molar-refractivity contribution in [2.24, 2.45) is 0 Å². The molecule has 0 spiro atoms. The van der Waals surface area contributed by atoms with Crippen molar-refractivity contribution in [3.05, 3.63) is 59.9 Å². The fourth-order valence-electron chi connectivity index (χ4n) is 9.05. The minimum Gasteiger partial charge on any atom is -0.457 e. The van der Waals surface area contributed by atoms with Gasteiger partial charge in [-0.1, -0.05) is 175 Å². The molecule has 3 rings (SSSR count). The van der Waals surface area contributed by atoms with Crippen LogP contribution < -0.4 is 10.1 Å². The van der Waals surface area contributed by atoms with Gasteiger partial charge in [0.1, 0.15) is 41.7 Å². The van der Waals surface area contributed by atoms with Crippen molar-refractivity contribution >= 4 is 5.91 Å². The van der Waals surface area contributed by atoms with E-state index in [9.17, 15) is 19.4 Å². The maximum Gasteiger partial charge on any atom is 0.220 e. The molecular weight excluding hydrogens is 905 g/mol.